The number of hydrogen-bond donors (Lipinski definition) is 1. The Morgan fingerprint density at radius 2 is 1.70 bits per heavy atom. The standard InChI is InChI=1S/C22H23Cl2NO4S/c1-15(26)25-10-2-3-16-4-7-18(8-5-16)21(27)12-29-22(28)14-30-13-17-6-9-19(23)20(24)11-17/h4-9,11H,2-3,10,12-14H2,1H3,(H,25,26). The first kappa shape index (κ1) is 24.3. The van der Waals surface area contributed by atoms with Gasteiger partial charge in [0.05, 0.1) is 15.8 Å². The smallest absolute Gasteiger partial charge is 0.316 e. The lowest BCUT2D eigenvalue weighted by Crippen LogP contribution is -2.21. The van der Waals surface area contributed by atoms with E-state index in [1.807, 2.05) is 18.2 Å². The second-order valence-corrected chi connectivity index (χ2v) is 8.41. The molecule has 0 bridgehead atoms. The molecule has 0 aliphatic carbocycles. The number of nitrogens with one attached hydrogen (secondary N) is 1. The van der Waals surface area contributed by atoms with Gasteiger partial charge in [0, 0.05) is 24.8 Å². The third-order valence-electron chi connectivity index (χ3n) is 4.13. The summed E-state index contributed by atoms with van der Waals surface area (Å²) >= 11 is 13.2. The van der Waals surface area contributed by atoms with Gasteiger partial charge in [-0.05, 0) is 36.1 Å². The second kappa shape index (κ2) is 12.6. The fourth-order valence-corrected chi connectivity index (χ4v) is 3.65. The van der Waals surface area contributed by atoms with E-state index in [2.05, 4.69) is 5.32 Å². The van der Waals surface area contributed by atoms with Gasteiger partial charge >= 0.3 is 5.97 Å². The summed E-state index contributed by atoms with van der Waals surface area (Å²) < 4.78 is 5.07. The number of halogens is 2. The van der Waals surface area contributed by atoms with E-state index in [4.69, 9.17) is 27.9 Å². The fourth-order valence-electron chi connectivity index (χ4n) is 2.57. The third kappa shape index (κ3) is 8.78. The summed E-state index contributed by atoms with van der Waals surface area (Å²) in [6.45, 7) is 1.82. The first-order chi connectivity index (χ1) is 14.3. The number of hydrogen-bond acceptors (Lipinski definition) is 5. The van der Waals surface area contributed by atoms with Crippen molar-refractivity contribution in [1.82, 2.24) is 5.32 Å². The molecule has 8 heteroatoms. The number of esters is 1. The molecule has 0 unspecified atom stereocenters. The zero-order valence-corrected chi connectivity index (χ0v) is 18.9. The number of carbonyl (C=O) groups is 3. The maximum Gasteiger partial charge on any atom is 0.316 e. The molecule has 1 amide bonds. The molecule has 0 aliphatic rings. The Morgan fingerprint density at radius 3 is 2.37 bits per heavy atom. The lowest BCUT2D eigenvalue weighted by atomic mass is 10.1. The zero-order chi connectivity index (χ0) is 21.9. The number of ketones is 1. The van der Waals surface area contributed by atoms with Gasteiger partial charge in [-0.15, -0.1) is 11.8 Å². The number of aryl methyl sites for hydroxylation is 1. The normalized spacial score (nSPS) is 10.5. The van der Waals surface area contributed by atoms with E-state index in [-0.39, 0.29) is 24.1 Å². The molecule has 0 fully saturated rings. The molecule has 2 aromatic rings. The highest BCUT2D eigenvalue weighted by Gasteiger charge is 2.11. The maximum atomic E-state index is 12.2. The van der Waals surface area contributed by atoms with Gasteiger partial charge in [-0.3, -0.25) is 14.4 Å². The average molecular weight is 468 g/mol. The highest BCUT2D eigenvalue weighted by molar-refractivity contribution is 7.99. The van der Waals surface area contributed by atoms with Crippen LogP contribution in [0.3, 0.4) is 0 Å². The van der Waals surface area contributed by atoms with Crippen LogP contribution in [-0.4, -0.2) is 36.6 Å². The molecular formula is C22H23Cl2NO4S. The minimum atomic E-state index is -0.442. The Hall–Kier alpha value is -2.02. The molecule has 1 N–H and O–H groups in total. The molecule has 160 valence electrons. The Morgan fingerprint density at radius 1 is 1.00 bits per heavy atom. The number of amides is 1. The van der Waals surface area contributed by atoms with Crippen LogP contribution in [0.15, 0.2) is 42.5 Å². The number of Topliss-reactive ketones (excluding diaryl/α,β-unsaturated/α-hetero) is 1. The summed E-state index contributed by atoms with van der Waals surface area (Å²) in [5.74, 6) is -0.00622. The van der Waals surface area contributed by atoms with Crippen molar-refractivity contribution >= 4 is 52.6 Å². The fraction of sp³-hybridized carbons (Fsp3) is 0.318. The highest BCUT2D eigenvalue weighted by Crippen LogP contribution is 2.24. The lowest BCUT2D eigenvalue weighted by Gasteiger charge is -2.07. The monoisotopic (exact) mass is 467 g/mol. The van der Waals surface area contributed by atoms with Gasteiger partial charge in [0.25, 0.3) is 0 Å². The van der Waals surface area contributed by atoms with E-state index in [0.29, 0.717) is 27.9 Å². The van der Waals surface area contributed by atoms with Gasteiger partial charge in [0.15, 0.2) is 12.4 Å². The Labute approximate surface area is 190 Å². The summed E-state index contributed by atoms with van der Waals surface area (Å²) in [4.78, 5) is 34.9. The molecule has 2 aromatic carbocycles. The summed E-state index contributed by atoms with van der Waals surface area (Å²) in [5, 5.41) is 3.71. The number of carbonyl (C=O) groups excluding carboxylic acids is 3. The molecule has 30 heavy (non-hydrogen) atoms. The topological polar surface area (TPSA) is 72.5 Å². The molecule has 5 nitrogen and oxygen atoms in total. The van der Waals surface area contributed by atoms with Crippen LogP contribution < -0.4 is 5.32 Å². The molecule has 0 atom stereocenters. The van der Waals surface area contributed by atoms with Crippen molar-refractivity contribution in [2.24, 2.45) is 0 Å². The van der Waals surface area contributed by atoms with Gasteiger partial charge in [-0.1, -0.05) is 53.5 Å². The predicted molar refractivity (Wildman–Crippen MR) is 121 cm³/mol. The number of rotatable bonds is 11. The van der Waals surface area contributed by atoms with Gasteiger partial charge in [-0.25, -0.2) is 0 Å². The first-order valence-corrected chi connectivity index (χ1v) is 11.3. The van der Waals surface area contributed by atoms with Crippen LogP contribution in [-0.2, 0) is 26.5 Å². The van der Waals surface area contributed by atoms with Crippen molar-refractivity contribution in [3.05, 3.63) is 69.2 Å². The highest BCUT2D eigenvalue weighted by atomic mass is 35.5. The summed E-state index contributed by atoms with van der Waals surface area (Å²) in [6, 6.07) is 12.5. The first-order valence-electron chi connectivity index (χ1n) is 9.39. The molecule has 2 rings (SSSR count). The van der Waals surface area contributed by atoms with E-state index in [1.165, 1.54) is 18.7 Å². The molecule has 0 saturated carbocycles. The van der Waals surface area contributed by atoms with E-state index in [0.717, 1.165) is 24.0 Å². The molecule has 0 spiro atoms. The Kier molecular flexibility index (Phi) is 10.2. The Balaban J connectivity index is 1.68. The van der Waals surface area contributed by atoms with Gasteiger partial charge in [0.2, 0.25) is 5.91 Å². The van der Waals surface area contributed by atoms with Crippen LogP contribution in [0.2, 0.25) is 10.0 Å². The number of benzene rings is 2. The minimum Gasteiger partial charge on any atom is -0.457 e. The van der Waals surface area contributed by atoms with Crippen LogP contribution in [0.5, 0.6) is 0 Å². The molecule has 0 aliphatic heterocycles. The largest absolute Gasteiger partial charge is 0.457 e. The van der Waals surface area contributed by atoms with Gasteiger partial charge in [-0.2, -0.15) is 0 Å². The molecule has 0 saturated heterocycles. The SMILES string of the molecule is CC(=O)NCCCc1ccc(C(=O)COC(=O)CSCc2ccc(Cl)c(Cl)c2)cc1. The van der Waals surface area contributed by atoms with Crippen LogP contribution >= 0.6 is 35.0 Å². The number of thioether (sulfide) groups is 1. The maximum absolute atomic E-state index is 12.2. The Bertz CT molecular complexity index is 887. The number of ether oxygens (including phenoxy) is 1. The summed E-state index contributed by atoms with van der Waals surface area (Å²) in [7, 11) is 0. The molecule has 0 radical (unpaired) electrons. The van der Waals surface area contributed by atoms with Crippen LogP contribution in [0.25, 0.3) is 0 Å². The zero-order valence-electron chi connectivity index (χ0n) is 16.6. The lowest BCUT2D eigenvalue weighted by molar-refractivity contribution is -0.139. The van der Waals surface area contributed by atoms with Crippen molar-refractivity contribution in [2.45, 2.75) is 25.5 Å². The molecule has 0 heterocycles. The second-order valence-electron chi connectivity index (χ2n) is 6.61. The minimum absolute atomic E-state index is 0.0433. The van der Waals surface area contributed by atoms with E-state index in [9.17, 15) is 14.4 Å². The summed E-state index contributed by atoms with van der Waals surface area (Å²) in [6.07, 6.45) is 1.63. The summed E-state index contributed by atoms with van der Waals surface area (Å²) in [5.41, 5.74) is 2.53. The third-order valence-corrected chi connectivity index (χ3v) is 5.85. The van der Waals surface area contributed by atoms with Gasteiger partial charge in [0.1, 0.15) is 0 Å². The van der Waals surface area contributed by atoms with Crippen LogP contribution in [0.4, 0.5) is 0 Å². The van der Waals surface area contributed by atoms with Crippen molar-refractivity contribution in [3.63, 3.8) is 0 Å². The quantitative estimate of drug-likeness (QED) is 0.294. The van der Waals surface area contributed by atoms with Crippen LogP contribution in [0.1, 0.15) is 34.8 Å². The van der Waals surface area contributed by atoms with E-state index >= 15 is 0 Å². The molecular weight excluding hydrogens is 445 g/mol. The molecule has 0 aromatic heterocycles. The van der Waals surface area contributed by atoms with Crippen molar-refractivity contribution in [3.8, 4) is 0 Å². The van der Waals surface area contributed by atoms with Gasteiger partial charge < -0.3 is 10.1 Å². The van der Waals surface area contributed by atoms with E-state index in [1.54, 1.807) is 24.3 Å². The van der Waals surface area contributed by atoms with Crippen LogP contribution in [0, 0.1) is 0 Å². The predicted octanol–water partition coefficient (Wildman–Crippen LogP) is 4.72. The van der Waals surface area contributed by atoms with Crippen molar-refractivity contribution < 1.29 is 19.1 Å². The van der Waals surface area contributed by atoms with E-state index < -0.39 is 5.97 Å². The average Bonchev–Trinajstić information content (AvgIpc) is 2.72. The van der Waals surface area contributed by atoms with Crippen molar-refractivity contribution in [2.75, 3.05) is 18.9 Å². The van der Waals surface area contributed by atoms with Crippen molar-refractivity contribution in [1.29, 1.82) is 0 Å².